The zero-order valence-corrected chi connectivity index (χ0v) is 7.60. The van der Waals surface area contributed by atoms with Crippen LogP contribution in [0.5, 0.6) is 0 Å². The van der Waals surface area contributed by atoms with Crippen LogP contribution in [0.3, 0.4) is 0 Å². The van der Waals surface area contributed by atoms with Crippen LogP contribution in [-0.2, 0) is 7.05 Å². The molecule has 0 amide bonds. The van der Waals surface area contributed by atoms with Crippen LogP contribution in [-0.4, -0.2) is 19.7 Å². The molecule has 0 bridgehead atoms. The third-order valence-electron chi connectivity index (χ3n) is 1.97. The highest BCUT2D eigenvalue weighted by Crippen LogP contribution is 2.15. The average molecular weight is 174 g/mol. The van der Waals surface area contributed by atoms with Crippen molar-refractivity contribution in [2.24, 2.45) is 7.05 Å². The van der Waals surface area contributed by atoms with Gasteiger partial charge in [-0.3, -0.25) is 4.68 Å². The molecule has 0 aromatic carbocycles. The summed E-state index contributed by atoms with van der Waals surface area (Å²) in [5.41, 5.74) is 2.99. The highest BCUT2D eigenvalue weighted by molar-refractivity contribution is 5.56. The molecule has 0 aliphatic rings. The summed E-state index contributed by atoms with van der Waals surface area (Å²) >= 11 is 0. The van der Waals surface area contributed by atoms with Crippen molar-refractivity contribution in [2.75, 3.05) is 0 Å². The molecule has 2 rings (SSSR count). The second-order valence-electron chi connectivity index (χ2n) is 2.92. The third-order valence-corrected chi connectivity index (χ3v) is 1.97. The van der Waals surface area contributed by atoms with Crippen LogP contribution in [0, 0.1) is 6.92 Å². The van der Waals surface area contributed by atoms with Gasteiger partial charge in [-0.1, -0.05) is 0 Å². The van der Waals surface area contributed by atoms with Crippen LogP contribution >= 0.6 is 0 Å². The maximum absolute atomic E-state index is 4.32. The highest BCUT2D eigenvalue weighted by Gasteiger charge is 2.03. The van der Waals surface area contributed by atoms with Crippen molar-refractivity contribution in [2.45, 2.75) is 6.92 Å². The molecule has 2 heterocycles. The van der Waals surface area contributed by atoms with Crippen molar-refractivity contribution in [1.29, 1.82) is 0 Å². The Kier molecular flexibility index (Phi) is 1.81. The van der Waals surface area contributed by atoms with Crippen LogP contribution in [0.1, 0.15) is 5.69 Å². The zero-order valence-electron chi connectivity index (χ0n) is 7.60. The normalized spacial score (nSPS) is 10.3. The average Bonchev–Trinajstić information content (AvgIpc) is 2.49. The second kappa shape index (κ2) is 2.97. The minimum absolute atomic E-state index is 0.917. The van der Waals surface area contributed by atoms with Gasteiger partial charge in [0, 0.05) is 30.7 Å². The summed E-state index contributed by atoms with van der Waals surface area (Å²) < 4.78 is 1.84. The molecule has 4 heteroatoms. The van der Waals surface area contributed by atoms with Gasteiger partial charge in [-0.25, -0.2) is 9.97 Å². The molecule has 4 nitrogen and oxygen atoms in total. The fourth-order valence-corrected chi connectivity index (χ4v) is 1.13. The van der Waals surface area contributed by atoms with E-state index in [1.54, 1.807) is 12.4 Å². The first kappa shape index (κ1) is 7.91. The fraction of sp³-hybridized carbons (Fsp3) is 0.222. The molecule has 0 unspecified atom stereocenters. The van der Waals surface area contributed by atoms with Crippen molar-refractivity contribution < 1.29 is 0 Å². The summed E-state index contributed by atoms with van der Waals surface area (Å²) in [6.45, 7) is 2.01. The van der Waals surface area contributed by atoms with E-state index in [1.807, 2.05) is 24.7 Å². The molecular weight excluding hydrogens is 164 g/mol. The maximum atomic E-state index is 4.32. The number of rotatable bonds is 1. The summed E-state index contributed by atoms with van der Waals surface area (Å²) in [5, 5.41) is 4.32. The molecule has 0 saturated carbocycles. The lowest BCUT2D eigenvalue weighted by Crippen LogP contribution is -1.92. The quantitative estimate of drug-likeness (QED) is 0.652. The van der Waals surface area contributed by atoms with E-state index >= 15 is 0 Å². The number of hydrogen-bond acceptors (Lipinski definition) is 3. The molecule has 2 aromatic rings. The Balaban J connectivity index is 2.48. The first-order valence-electron chi connectivity index (χ1n) is 4.03. The van der Waals surface area contributed by atoms with Gasteiger partial charge < -0.3 is 0 Å². The molecule has 2 aromatic heterocycles. The lowest BCUT2D eigenvalue weighted by molar-refractivity contribution is 0.742. The molecule has 0 spiro atoms. The van der Waals surface area contributed by atoms with Gasteiger partial charge in [-0.05, 0) is 13.0 Å². The number of nitrogens with zero attached hydrogens (tertiary/aromatic N) is 4. The first-order valence-corrected chi connectivity index (χ1v) is 4.03. The van der Waals surface area contributed by atoms with Crippen LogP contribution in [0.2, 0.25) is 0 Å². The number of aryl methyl sites for hydroxylation is 2. The van der Waals surface area contributed by atoms with Crippen LogP contribution in [0.25, 0.3) is 11.3 Å². The van der Waals surface area contributed by atoms with Crippen molar-refractivity contribution in [3.63, 3.8) is 0 Å². The molecule has 0 N–H and O–H groups in total. The third kappa shape index (κ3) is 1.42. The SMILES string of the molecule is Cc1cc(-c2cncnc2)nn1C. The van der Waals surface area contributed by atoms with Crippen molar-refractivity contribution in [1.82, 2.24) is 19.7 Å². The topological polar surface area (TPSA) is 43.6 Å². The first-order chi connectivity index (χ1) is 6.27. The molecule has 0 fully saturated rings. The smallest absolute Gasteiger partial charge is 0.115 e. The van der Waals surface area contributed by atoms with Gasteiger partial charge in [0.25, 0.3) is 0 Å². The van der Waals surface area contributed by atoms with Crippen LogP contribution in [0.4, 0.5) is 0 Å². The van der Waals surface area contributed by atoms with Gasteiger partial charge in [0.15, 0.2) is 0 Å². The van der Waals surface area contributed by atoms with E-state index in [9.17, 15) is 0 Å². The molecule has 0 aliphatic carbocycles. The molecule has 0 saturated heterocycles. The minimum atomic E-state index is 0.917. The van der Waals surface area contributed by atoms with E-state index in [1.165, 1.54) is 6.33 Å². The summed E-state index contributed by atoms with van der Waals surface area (Å²) in [6.07, 6.45) is 5.03. The minimum Gasteiger partial charge on any atom is -0.272 e. The largest absolute Gasteiger partial charge is 0.272 e. The zero-order chi connectivity index (χ0) is 9.26. The van der Waals surface area contributed by atoms with Crippen LogP contribution < -0.4 is 0 Å². The van der Waals surface area contributed by atoms with E-state index in [4.69, 9.17) is 0 Å². The molecule has 66 valence electrons. The summed E-state index contributed by atoms with van der Waals surface area (Å²) in [4.78, 5) is 7.88. The predicted octanol–water partition coefficient (Wildman–Crippen LogP) is 1.19. The monoisotopic (exact) mass is 174 g/mol. The molecule has 0 aliphatic heterocycles. The Morgan fingerprint density at radius 2 is 1.92 bits per heavy atom. The standard InChI is InChI=1S/C9H10N4/c1-7-3-9(12-13(7)2)8-4-10-6-11-5-8/h3-6H,1-2H3. The number of hydrogen-bond donors (Lipinski definition) is 0. The van der Waals surface area contributed by atoms with Gasteiger partial charge in [0.1, 0.15) is 6.33 Å². The summed E-state index contributed by atoms with van der Waals surface area (Å²) in [6, 6.07) is 2.01. The molecular formula is C9H10N4. The molecule has 13 heavy (non-hydrogen) atoms. The summed E-state index contributed by atoms with van der Waals surface area (Å²) in [7, 11) is 1.92. The van der Waals surface area contributed by atoms with Gasteiger partial charge in [-0.15, -0.1) is 0 Å². The van der Waals surface area contributed by atoms with Gasteiger partial charge in [-0.2, -0.15) is 5.10 Å². The van der Waals surface area contributed by atoms with Gasteiger partial charge in [0.2, 0.25) is 0 Å². The van der Waals surface area contributed by atoms with E-state index in [0.29, 0.717) is 0 Å². The Bertz CT molecular complexity index is 385. The lowest BCUT2D eigenvalue weighted by Gasteiger charge is -1.92. The van der Waals surface area contributed by atoms with Gasteiger partial charge >= 0.3 is 0 Å². The predicted molar refractivity (Wildman–Crippen MR) is 49.0 cm³/mol. The lowest BCUT2D eigenvalue weighted by atomic mass is 10.2. The molecule has 0 atom stereocenters. The Hall–Kier alpha value is -1.71. The Morgan fingerprint density at radius 3 is 2.46 bits per heavy atom. The maximum Gasteiger partial charge on any atom is 0.115 e. The van der Waals surface area contributed by atoms with E-state index in [0.717, 1.165) is 17.0 Å². The highest BCUT2D eigenvalue weighted by atomic mass is 15.3. The van der Waals surface area contributed by atoms with E-state index < -0.39 is 0 Å². The second-order valence-corrected chi connectivity index (χ2v) is 2.92. The van der Waals surface area contributed by atoms with E-state index in [-0.39, 0.29) is 0 Å². The van der Waals surface area contributed by atoms with Crippen molar-refractivity contribution in [3.8, 4) is 11.3 Å². The van der Waals surface area contributed by atoms with E-state index in [2.05, 4.69) is 15.1 Å². The van der Waals surface area contributed by atoms with Crippen molar-refractivity contribution >= 4 is 0 Å². The van der Waals surface area contributed by atoms with Crippen LogP contribution in [0.15, 0.2) is 24.8 Å². The number of aromatic nitrogens is 4. The molecule has 0 radical (unpaired) electrons. The van der Waals surface area contributed by atoms with Gasteiger partial charge in [0.05, 0.1) is 5.69 Å². The Labute approximate surface area is 76.3 Å². The van der Waals surface area contributed by atoms with Crippen molar-refractivity contribution in [3.05, 3.63) is 30.5 Å². The fourth-order valence-electron chi connectivity index (χ4n) is 1.13. The Morgan fingerprint density at radius 1 is 1.23 bits per heavy atom. The summed E-state index contributed by atoms with van der Waals surface area (Å²) in [5.74, 6) is 0.